The normalized spacial score (nSPS) is 10.7. The predicted molar refractivity (Wildman–Crippen MR) is 54.0 cm³/mol. The van der Waals surface area contributed by atoms with Crippen LogP contribution in [0.3, 0.4) is 0 Å². The Labute approximate surface area is 81.7 Å². The lowest BCUT2D eigenvalue weighted by Gasteiger charge is -2.01. The Morgan fingerprint density at radius 1 is 1.62 bits per heavy atom. The Morgan fingerprint density at radius 2 is 2.31 bits per heavy atom. The molecule has 1 aromatic heterocycles. The molecule has 0 aliphatic rings. The summed E-state index contributed by atoms with van der Waals surface area (Å²) in [5, 5.41) is 2.69. The molecule has 0 aliphatic heterocycles. The van der Waals surface area contributed by atoms with Crippen LogP contribution in [0.25, 0.3) is 0 Å². The molecule has 0 aromatic carbocycles. The van der Waals surface area contributed by atoms with E-state index in [0.717, 1.165) is 5.01 Å². The van der Waals surface area contributed by atoms with Crippen LogP contribution in [0.15, 0.2) is 17.7 Å². The van der Waals surface area contributed by atoms with Gasteiger partial charge in [0.2, 0.25) is 5.78 Å². The maximum atomic E-state index is 11.4. The van der Waals surface area contributed by atoms with Crippen LogP contribution in [0.2, 0.25) is 0 Å². The molecule has 0 aliphatic carbocycles. The highest BCUT2D eigenvalue weighted by molar-refractivity contribution is 7.09. The molecule has 0 saturated heterocycles. The highest BCUT2D eigenvalue weighted by Gasteiger charge is 2.04. The summed E-state index contributed by atoms with van der Waals surface area (Å²) in [6, 6.07) is 0. The molecule has 13 heavy (non-hydrogen) atoms. The lowest BCUT2D eigenvalue weighted by Crippen LogP contribution is -2.03. The van der Waals surface area contributed by atoms with E-state index < -0.39 is 0 Å². The van der Waals surface area contributed by atoms with Gasteiger partial charge in [-0.2, -0.15) is 0 Å². The maximum absolute atomic E-state index is 11.4. The lowest BCUT2D eigenvalue weighted by molar-refractivity contribution is 0.104. The van der Waals surface area contributed by atoms with Crippen molar-refractivity contribution in [2.45, 2.75) is 6.92 Å². The molecule has 0 atom stereocenters. The van der Waals surface area contributed by atoms with E-state index >= 15 is 0 Å². The fourth-order valence-corrected chi connectivity index (χ4v) is 1.38. The zero-order valence-electron chi connectivity index (χ0n) is 7.94. The molecule has 0 amide bonds. The second kappa shape index (κ2) is 4.18. The average molecular weight is 196 g/mol. The van der Waals surface area contributed by atoms with Crippen LogP contribution in [0.5, 0.6) is 0 Å². The smallest absolute Gasteiger partial charge is 0.206 e. The maximum Gasteiger partial charge on any atom is 0.206 e. The van der Waals surface area contributed by atoms with Gasteiger partial charge in [-0.1, -0.05) is 0 Å². The third-order valence-electron chi connectivity index (χ3n) is 1.40. The van der Waals surface area contributed by atoms with Crippen molar-refractivity contribution in [2.75, 3.05) is 14.1 Å². The van der Waals surface area contributed by atoms with Gasteiger partial charge in [0.15, 0.2) is 0 Å². The summed E-state index contributed by atoms with van der Waals surface area (Å²) in [5.41, 5.74) is 0.528. The summed E-state index contributed by atoms with van der Waals surface area (Å²) in [4.78, 5) is 17.3. The Kier molecular flexibility index (Phi) is 3.19. The number of hydrogen-bond donors (Lipinski definition) is 0. The van der Waals surface area contributed by atoms with Crippen molar-refractivity contribution in [3.63, 3.8) is 0 Å². The van der Waals surface area contributed by atoms with Crippen molar-refractivity contribution in [1.82, 2.24) is 9.88 Å². The number of aromatic nitrogens is 1. The van der Waals surface area contributed by atoms with E-state index in [2.05, 4.69) is 4.98 Å². The van der Waals surface area contributed by atoms with Gasteiger partial charge < -0.3 is 4.90 Å². The second-order valence-corrected chi connectivity index (χ2v) is 3.96. The Balaban J connectivity index is 2.69. The van der Waals surface area contributed by atoms with E-state index in [1.807, 2.05) is 25.9 Å². The molecule has 0 N–H and O–H groups in total. The molecule has 0 bridgehead atoms. The fraction of sp³-hybridized carbons (Fsp3) is 0.333. The molecule has 0 fully saturated rings. The Hall–Kier alpha value is -1.16. The van der Waals surface area contributed by atoms with Crippen LogP contribution in [0, 0.1) is 6.92 Å². The number of carbonyl (C=O) groups is 1. The first-order valence-electron chi connectivity index (χ1n) is 3.90. The Morgan fingerprint density at radius 3 is 2.77 bits per heavy atom. The number of carbonyl (C=O) groups excluding carboxylic acids is 1. The van der Waals surface area contributed by atoms with Crippen LogP contribution < -0.4 is 0 Å². The minimum Gasteiger partial charge on any atom is -0.383 e. The first-order chi connectivity index (χ1) is 6.09. The summed E-state index contributed by atoms with van der Waals surface area (Å²) >= 11 is 1.49. The fourth-order valence-electron chi connectivity index (χ4n) is 0.779. The van der Waals surface area contributed by atoms with Gasteiger partial charge in [0.25, 0.3) is 0 Å². The van der Waals surface area contributed by atoms with Gasteiger partial charge in [-0.3, -0.25) is 4.79 Å². The second-order valence-electron chi connectivity index (χ2n) is 2.90. The molecule has 0 radical (unpaired) electrons. The molecule has 70 valence electrons. The van der Waals surface area contributed by atoms with Crippen molar-refractivity contribution in [1.29, 1.82) is 0 Å². The summed E-state index contributed by atoms with van der Waals surface area (Å²) in [6.45, 7) is 1.89. The zero-order chi connectivity index (χ0) is 9.84. The van der Waals surface area contributed by atoms with Crippen molar-refractivity contribution in [3.05, 3.63) is 28.4 Å². The number of hydrogen-bond acceptors (Lipinski definition) is 4. The van der Waals surface area contributed by atoms with Crippen molar-refractivity contribution in [2.24, 2.45) is 0 Å². The summed E-state index contributed by atoms with van der Waals surface area (Å²) in [6.07, 6.45) is 3.24. The molecule has 4 heteroatoms. The van der Waals surface area contributed by atoms with Crippen LogP contribution in [0.4, 0.5) is 0 Å². The van der Waals surface area contributed by atoms with Gasteiger partial charge in [0.05, 0.1) is 5.01 Å². The lowest BCUT2D eigenvalue weighted by atomic mass is 10.3. The first kappa shape index (κ1) is 9.92. The number of allylic oxidation sites excluding steroid dienone is 1. The average Bonchev–Trinajstić information content (AvgIpc) is 2.47. The molecule has 1 heterocycles. The molecule has 1 aromatic rings. The van der Waals surface area contributed by atoms with Crippen LogP contribution in [-0.4, -0.2) is 29.8 Å². The largest absolute Gasteiger partial charge is 0.383 e. The van der Waals surface area contributed by atoms with Gasteiger partial charge in [-0.25, -0.2) is 4.98 Å². The number of aryl methyl sites for hydroxylation is 1. The molecule has 1 rings (SSSR count). The topological polar surface area (TPSA) is 33.2 Å². The van der Waals surface area contributed by atoms with E-state index in [4.69, 9.17) is 0 Å². The molecule has 3 nitrogen and oxygen atoms in total. The SMILES string of the molecule is Cc1nc(C(=O)/C=C\N(C)C)cs1. The Bertz CT molecular complexity index is 328. The van der Waals surface area contributed by atoms with E-state index in [0.29, 0.717) is 5.69 Å². The zero-order valence-corrected chi connectivity index (χ0v) is 8.76. The van der Waals surface area contributed by atoms with Crippen molar-refractivity contribution in [3.8, 4) is 0 Å². The minimum atomic E-state index is -0.0435. The summed E-state index contributed by atoms with van der Waals surface area (Å²) < 4.78 is 0. The van der Waals surface area contributed by atoms with Crippen molar-refractivity contribution >= 4 is 17.1 Å². The van der Waals surface area contributed by atoms with Gasteiger partial charge in [0, 0.05) is 31.8 Å². The first-order valence-corrected chi connectivity index (χ1v) is 4.78. The summed E-state index contributed by atoms with van der Waals surface area (Å²) in [7, 11) is 3.74. The van der Waals surface area contributed by atoms with E-state index in [1.54, 1.807) is 11.6 Å². The van der Waals surface area contributed by atoms with Gasteiger partial charge in [-0.05, 0) is 6.92 Å². The van der Waals surface area contributed by atoms with Crippen LogP contribution >= 0.6 is 11.3 Å². The monoisotopic (exact) mass is 196 g/mol. The van der Waals surface area contributed by atoms with E-state index in [-0.39, 0.29) is 5.78 Å². The van der Waals surface area contributed by atoms with Crippen LogP contribution in [0.1, 0.15) is 15.5 Å². The minimum absolute atomic E-state index is 0.0435. The quantitative estimate of drug-likeness (QED) is 0.545. The highest BCUT2D eigenvalue weighted by atomic mass is 32.1. The third kappa shape index (κ3) is 2.99. The number of rotatable bonds is 3. The molecule has 0 spiro atoms. The highest BCUT2D eigenvalue weighted by Crippen LogP contribution is 2.08. The van der Waals surface area contributed by atoms with Gasteiger partial charge in [0.1, 0.15) is 5.69 Å². The number of thiazole rings is 1. The standard InChI is InChI=1S/C9H12N2OS/c1-7-10-8(6-13-7)9(12)4-5-11(2)3/h4-6H,1-3H3/b5-4-. The van der Waals surface area contributed by atoms with E-state index in [1.165, 1.54) is 17.4 Å². The summed E-state index contributed by atoms with van der Waals surface area (Å²) in [5.74, 6) is -0.0435. The third-order valence-corrected chi connectivity index (χ3v) is 2.17. The number of ketones is 1. The molecule has 0 unspecified atom stereocenters. The molecule has 0 saturated carbocycles. The van der Waals surface area contributed by atoms with Gasteiger partial charge >= 0.3 is 0 Å². The molecular formula is C9H12N2OS. The predicted octanol–water partition coefficient (Wildman–Crippen LogP) is 1.71. The van der Waals surface area contributed by atoms with Crippen LogP contribution in [-0.2, 0) is 0 Å². The number of nitrogens with zero attached hydrogens (tertiary/aromatic N) is 2. The van der Waals surface area contributed by atoms with E-state index in [9.17, 15) is 4.79 Å². The van der Waals surface area contributed by atoms with Crippen molar-refractivity contribution < 1.29 is 4.79 Å². The molecular weight excluding hydrogens is 184 g/mol. The van der Waals surface area contributed by atoms with Gasteiger partial charge in [-0.15, -0.1) is 11.3 Å².